The summed E-state index contributed by atoms with van der Waals surface area (Å²) in [5.41, 5.74) is -0.572. The number of thiophene rings is 1. The molecule has 0 saturated carbocycles. The van der Waals surface area contributed by atoms with Crippen molar-refractivity contribution in [3.63, 3.8) is 0 Å². The second-order valence-electron chi connectivity index (χ2n) is 4.12. The van der Waals surface area contributed by atoms with Crippen molar-refractivity contribution >= 4 is 17.3 Å². The number of hydrogen-bond acceptors (Lipinski definition) is 5. The first-order chi connectivity index (χ1) is 8.27. The molecule has 0 unspecified atom stereocenters. The molecule has 0 amide bonds. The maximum atomic E-state index is 11.9. The summed E-state index contributed by atoms with van der Waals surface area (Å²) in [5, 5.41) is 5.38. The monoisotopic (exact) mass is 255 g/mol. The van der Waals surface area contributed by atoms with E-state index in [-0.39, 0.29) is 5.97 Å². The maximum absolute atomic E-state index is 11.9. The molecule has 1 aromatic rings. The number of hydrogen-bond donors (Lipinski definition) is 1. The van der Waals surface area contributed by atoms with Crippen LogP contribution < -0.4 is 5.32 Å². The minimum Gasteiger partial charge on any atom is -0.468 e. The van der Waals surface area contributed by atoms with E-state index in [2.05, 4.69) is 11.4 Å². The van der Waals surface area contributed by atoms with Crippen LogP contribution in [0.15, 0.2) is 17.5 Å². The molecule has 1 aliphatic heterocycles. The van der Waals surface area contributed by atoms with Crippen molar-refractivity contribution < 1.29 is 14.3 Å². The maximum Gasteiger partial charge on any atom is 0.326 e. The van der Waals surface area contributed by atoms with Crippen molar-refractivity contribution in [1.29, 1.82) is 0 Å². The van der Waals surface area contributed by atoms with Crippen molar-refractivity contribution in [1.82, 2.24) is 5.32 Å². The highest BCUT2D eigenvalue weighted by molar-refractivity contribution is 7.09. The Morgan fingerprint density at radius 3 is 2.94 bits per heavy atom. The van der Waals surface area contributed by atoms with Crippen LogP contribution in [0.5, 0.6) is 0 Å². The van der Waals surface area contributed by atoms with E-state index in [1.54, 1.807) is 11.3 Å². The third kappa shape index (κ3) is 2.86. The molecule has 1 aromatic heterocycles. The summed E-state index contributed by atoms with van der Waals surface area (Å²) in [6.07, 6.45) is 1.34. The van der Waals surface area contributed by atoms with Crippen LogP contribution in [0.2, 0.25) is 0 Å². The van der Waals surface area contributed by atoms with E-state index in [0.29, 0.717) is 32.6 Å². The molecule has 1 N–H and O–H groups in total. The molecule has 2 rings (SSSR count). The van der Waals surface area contributed by atoms with E-state index in [0.717, 1.165) is 0 Å². The Balaban J connectivity index is 2.02. The normalized spacial score (nSPS) is 18.9. The van der Waals surface area contributed by atoms with E-state index in [9.17, 15) is 4.79 Å². The molecule has 4 nitrogen and oxygen atoms in total. The summed E-state index contributed by atoms with van der Waals surface area (Å²) in [5.74, 6) is -0.183. The standard InChI is InChI=1S/C12H17NO3S/c1-15-11(14)12(4-6-16-7-5-12)13-9-10-3-2-8-17-10/h2-3,8,13H,4-7,9H2,1H3. The quantitative estimate of drug-likeness (QED) is 0.829. The molecule has 0 bridgehead atoms. The van der Waals surface area contributed by atoms with Gasteiger partial charge in [-0.1, -0.05) is 6.07 Å². The highest BCUT2D eigenvalue weighted by Crippen LogP contribution is 2.23. The number of methoxy groups -OCH3 is 1. The van der Waals surface area contributed by atoms with Gasteiger partial charge >= 0.3 is 5.97 Å². The van der Waals surface area contributed by atoms with Gasteiger partial charge in [0.1, 0.15) is 5.54 Å². The fourth-order valence-electron chi connectivity index (χ4n) is 2.04. The van der Waals surface area contributed by atoms with Crippen LogP contribution in [0.4, 0.5) is 0 Å². The first kappa shape index (κ1) is 12.5. The van der Waals surface area contributed by atoms with Gasteiger partial charge in [-0.25, -0.2) is 0 Å². The molecule has 1 fully saturated rings. The van der Waals surface area contributed by atoms with Gasteiger partial charge in [0.05, 0.1) is 7.11 Å². The average Bonchev–Trinajstić information content (AvgIpc) is 2.89. The van der Waals surface area contributed by atoms with Crippen molar-refractivity contribution in [3.05, 3.63) is 22.4 Å². The van der Waals surface area contributed by atoms with Gasteiger partial charge in [-0.2, -0.15) is 0 Å². The van der Waals surface area contributed by atoms with Gasteiger partial charge in [0.2, 0.25) is 0 Å². The SMILES string of the molecule is COC(=O)C1(NCc2cccs2)CCOCC1. The lowest BCUT2D eigenvalue weighted by Crippen LogP contribution is -2.55. The van der Waals surface area contributed by atoms with Gasteiger partial charge in [-0.3, -0.25) is 10.1 Å². The lowest BCUT2D eigenvalue weighted by molar-refractivity contribution is -0.153. The molecule has 0 atom stereocenters. The van der Waals surface area contributed by atoms with Crippen molar-refractivity contribution in [2.24, 2.45) is 0 Å². The summed E-state index contributed by atoms with van der Waals surface area (Å²) >= 11 is 1.68. The highest BCUT2D eigenvalue weighted by atomic mass is 32.1. The summed E-state index contributed by atoms with van der Waals surface area (Å²) < 4.78 is 10.2. The molecular weight excluding hydrogens is 238 g/mol. The number of carbonyl (C=O) groups excluding carboxylic acids is 1. The molecule has 0 aliphatic carbocycles. The van der Waals surface area contributed by atoms with E-state index in [1.165, 1.54) is 12.0 Å². The summed E-state index contributed by atoms with van der Waals surface area (Å²) in [6, 6.07) is 4.07. The fraction of sp³-hybridized carbons (Fsp3) is 0.583. The molecule has 1 aliphatic rings. The molecule has 5 heteroatoms. The fourth-order valence-corrected chi connectivity index (χ4v) is 2.68. The summed E-state index contributed by atoms with van der Waals surface area (Å²) in [7, 11) is 1.44. The van der Waals surface area contributed by atoms with Crippen LogP contribution in [0, 0.1) is 0 Å². The Labute approximate surface area is 105 Å². The summed E-state index contributed by atoms with van der Waals surface area (Å²) in [4.78, 5) is 13.1. The number of nitrogens with one attached hydrogen (secondary N) is 1. The minimum atomic E-state index is -0.572. The lowest BCUT2D eigenvalue weighted by atomic mass is 9.90. The molecule has 0 spiro atoms. The Morgan fingerprint density at radius 2 is 2.35 bits per heavy atom. The largest absolute Gasteiger partial charge is 0.468 e. The molecular formula is C12H17NO3S. The third-order valence-corrected chi connectivity index (χ3v) is 3.98. The molecule has 0 aromatic carbocycles. The van der Waals surface area contributed by atoms with Crippen LogP contribution in [0.1, 0.15) is 17.7 Å². The van der Waals surface area contributed by atoms with E-state index >= 15 is 0 Å². The molecule has 1 saturated heterocycles. The van der Waals surface area contributed by atoms with Crippen LogP contribution >= 0.6 is 11.3 Å². The number of rotatable bonds is 4. The van der Waals surface area contributed by atoms with E-state index in [1.807, 2.05) is 11.4 Å². The molecule has 17 heavy (non-hydrogen) atoms. The van der Waals surface area contributed by atoms with Crippen molar-refractivity contribution in [3.8, 4) is 0 Å². The third-order valence-electron chi connectivity index (χ3n) is 3.10. The number of ether oxygens (including phenoxy) is 2. The van der Waals surface area contributed by atoms with E-state index in [4.69, 9.17) is 9.47 Å². The van der Waals surface area contributed by atoms with Crippen molar-refractivity contribution in [2.45, 2.75) is 24.9 Å². The van der Waals surface area contributed by atoms with Crippen LogP contribution in [0.3, 0.4) is 0 Å². The van der Waals surface area contributed by atoms with Crippen LogP contribution in [-0.2, 0) is 20.8 Å². The Hall–Kier alpha value is -0.910. The zero-order chi connectivity index (χ0) is 12.1. The minimum absolute atomic E-state index is 0.183. The zero-order valence-corrected chi connectivity index (χ0v) is 10.7. The second-order valence-corrected chi connectivity index (χ2v) is 5.15. The predicted molar refractivity (Wildman–Crippen MR) is 66.0 cm³/mol. The molecule has 2 heterocycles. The smallest absolute Gasteiger partial charge is 0.326 e. The summed E-state index contributed by atoms with van der Waals surface area (Å²) in [6.45, 7) is 1.91. The Morgan fingerprint density at radius 1 is 1.59 bits per heavy atom. The molecule has 0 radical (unpaired) electrons. The van der Waals surface area contributed by atoms with Gasteiger partial charge in [-0.15, -0.1) is 11.3 Å². The Bertz CT molecular complexity index is 358. The van der Waals surface area contributed by atoms with Gasteiger partial charge in [0, 0.05) is 24.6 Å². The topological polar surface area (TPSA) is 47.6 Å². The number of esters is 1. The first-order valence-electron chi connectivity index (χ1n) is 5.70. The van der Waals surface area contributed by atoms with Gasteiger partial charge < -0.3 is 9.47 Å². The lowest BCUT2D eigenvalue weighted by Gasteiger charge is -2.35. The first-order valence-corrected chi connectivity index (χ1v) is 6.58. The van der Waals surface area contributed by atoms with Gasteiger partial charge in [0.15, 0.2) is 0 Å². The predicted octanol–water partition coefficient (Wildman–Crippen LogP) is 1.56. The zero-order valence-electron chi connectivity index (χ0n) is 9.90. The Kier molecular flexibility index (Phi) is 4.15. The number of carbonyl (C=O) groups is 1. The van der Waals surface area contributed by atoms with Gasteiger partial charge in [-0.05, 0) is 24.3 Å². The van der Waals surface area contributed by atoms with Crippen LogP contribution in [-0.4, -0.2) is 31.8 Å². The van der Waals surface area contributed by atoms with E-state index < -0.39 is 5.54 Å². The highest BCUT2D eigenvalue weighted by Gasteiger charge is 2.40. The van der Waals surface area contributed by atoms with Gasteiger partial charge in [0.25, 0.3) is 0 Å². The average molecular weight is 255 g/mol. The van der Waals surface area contributed by atoms with Crippen molar-refractivity contribution in [2.75, 3.05) is 20.3 Å². The van der Waals surface area contributed by atoms with Crippen LogP contribution in [0.25, 0.3) is 0 Å². The second kappa shape index (κ2) is 5.62. The molecule has 94 valence electrons.